The molecule has 1 aliphatic carbocycles. The van der Waals surface area contributed by atoms with Crippen LogP contribution in [0, 0.1) is 0 Å². The third kappa shape index (κ3) is 4.50. The number of benzene rings is 1. The van der Waals surface area contributed by atoms with Gasteiger partial charge in [-0.15, -0.1) is 17.5 Å². The van der Waals surface area contributed by atoms with Crippen LogP contribution in [0.3, 0.4) is 0 Å². The van der Waals surface area contributed by atoms with Crippen molar-refractivity contribution in [2.24, 2.45) is 5.73 Å². The first-order valence-electron chi connectivity index (χ1n) is 7.60. The normalized spacial score (nSPS) is 14.1. The predicted octanol–water partition coefficient (Wildman–Crippen LogP) is 1.43. The highest BCUT2D eigenvalue weighted by atomic mass is 35.5. The highest BCUT2D eigenvalue weighted by molar-refractivity contribution is 5.85. The maximum atomic E-state index is 5.74. The molecule has 6 nitrogen and oxygen atoms in total. The molecular formula is C15H23ClN6. The lowest BCUT2D eigenvalue weighted by Gasteiger charge is -2.20. The topological polar surface area (TPSA) is 72.9 Å². The molecule has 1 aromatic heterocycles. The van der Waals surface area contributed by atoms with E-state index in [0.29, 0.717) is 12.6 Å². The van der Waals surface area contributed by atoms with Gasteiger partial charge in [0.05, 0.1) is 12.6 Å². The van der Waals surface area contributed by atoms with Gasteiger partial charge in [0, 0.05) is 19.6 Å². The van der Waals surface area contributed by atoms with E-state index in [2.05, 4.69) is 44.7 Å². The van der Waals surface area contributed by atoms with Gasteiger partial charge >= 0.3 is 0 Å². The average Bonchev–Trinajstić information content (AvgIpc) is 3.26. The molecule has 22 heavy (non-hydrogen) atoms. The van der Waals surface area contributed by atoms with Crippen molar-refractivity contribution in [2.75, 3.05) is 19.6 Å². The third-order valence-corrected chi connectivity index (χ3v) is 3.82. The van der Waals surface area contributed by atoms with Crippen LogP contribution in [-0.2, 0) is 13.0 Å². The molecule has 2 aromatic rings. The van der Waals surface area contributed by atoms with E-state index in [1.807, 2.05) is 10.7 Å². The third-order valence-electron chi connectivity index (χ3n) is 3.82. The van der Waals surface area contributed by atoms with Gasteiger partial charge < -0.3 is 5.73 Å². The highest BCUT2D eigenvalue weighted by Gasteiger charge is 2.28. The lowest BCUT2D eigenvalue weighted by atomic mass is 10.1. The molecule has 0 unspecified atom stereocenters. The lowest BCUT2D eigenvalue weighted by molar-refractivity contribution is 0.263. The smallest absolute Gasteiger partial charge is 0.165 e. The summed E-state index contributed by atoms with van der Waals surface area (Å²) < 4.78 is 1.98. The summed E-state index contributed by atoms with van der Waals surface area (Å²) in [4.78, 5) is 2.33. The average molecular weight is 323 g/mol. The van der Waals surface area contributed by atoms with Gasteiger partial charge in [0.1, 0.15) is 0 Å². The van der Waals surface area contributed by atoms with Crippen molar-refractivity contribution < 1.29 is 0 Å². The van der Waals surface area contributed by atoms with Gasteiger partial charge in [-0.2, -0.15) is 0 Å². The summed E-state index contributed by atoms with van der Waals surface area (Å²) in [5.41, 5.74) is 7.09. The van der Waals surface area contributed by atoms with E-state index in [0.717, 1.165) is 31.9 Å². The molecule has 2 N–H and O–H groups in total. The summed E-state index contributed by atoms with van der Waals surface area (Å²) in [5.74, 6) is 0.957. The molecule has 0 bridgehead atoms. The number of rotatable bonds is 8. The highest BCUT2D eigenvalue weighted by Crippen LogP contribution is 2.34. The predicted molar refractivity (Wildman–Crippen MR) is 87.8 cm³/mol. The Bertz CT molecular complexity index is 554. The fraction of sp³-hybridized carbons (Fsp3) is 0.533. The van der Waals surface area contributed by atoms with Gasteiger partial charge in [-0.25, -0.2) is 4.68 Å². The number of halogens is 1. The molecule has 1 aromatic carbocycles. The molecule has 3 rings (SSSR count). The summed E-state index contributed by atoms with van der Waals surface area (Å²) in [6.45, 7) is 3.26. The molecule has 0 atom stereocenters. The Labute approximate surface area is 137 Å². The van der Waals surface area contributed by atoms with Crippen LogP contribution in [0.1, 0.15) is 30.3 Å². The second kappa shape index (κ2) is 8.22. The summed E-state index contributed by atoms with van der Waals surface area (Å²) in [6, 6.07) is 11.0. The quantitative estimate of drug-likeness (QED) is 0.796. The van der Waals surface area contributed by atoms with Crippen molar-refractivity contribution in [2.45, 2.75) is 31.8 Å². The number of tetrazole rings is 1. The van der Waals surface area contributed by atoms with Crippen LogP contribution in [0.2, 0.25) is 0 Å². The molecule has 1 saturated carbocycles. The van der Waals surface area contributed by atoms with Crippen molar-refractivity contribution in [1.29, 1.82) is 0 Å². The SMILES string of the molecule is Cl.NCCN(CCc1ccccc1)Cc1nnnn1C1CC1. The lowest BCUT2D eigenvalue weighted by Crippen LogP contribution is -2.32. The Kier molecular flexibility index (Phi) is 6.30. The van der Waals surface area contributed by atoms with E-state index in [9.17, 15) is 0 Å². The van der Waals surface area contributed by atoms with Crippen molar-refractivity contribution in [3.05, 3.63) is 41.7 Å². The first-order valence-corrected chi connectivity index (χ1v) is 7.60. The van der Waals surface area contributed by atoms with Gasteiger partial charge in [-0.05, 0) is 35.3 Å². The fourth-order valence-electron chi connectivity index (χ4n) is 2.50. The molecule has 0 radical (unpaired) electrons. The minimum Gasteiger partial charge on any atom is -0.329 e. The Morgan fingerprint density at radius 2 is 1.95 bits per heavy atom. The summed E-state index contributed by atoms with van der Waals surface area (Å²) in [5, 5.41) is 12.1. The van der Waals surface area contributed by atoms with Crippen LogP contribution in [0.15, 0.2) is 30.3 Å². The summed E-state index contributed by atoms with van der Waals surface area (Å²) >= 11 is 0. The minimum absolute atomic E-state index is 0. The van der Waals surface area contributed by atoms with Crippen LogP contribution in [0.5, 0.6) is 0 Å². The number of hydrogen-bond donors (Lipinski definition) is 1. The molecular weight excluding hydrogens is 300 g/mol. The second-order valence-corrected chi connectivity index (χ2v) is 5.57. The molecule has 1 fully saturated rings. The zero-order chi connectivity index (χ0) is 14.5. The van der Waals surface area contributed by atoms with Crippen LogP contribution < -0.4 is 5.73 Å². The van der Waals surface area contributed by atoms with Crippen molar-refractivity contribution in [3.8, 4) is 0 Å². The van der Waals surface area contributed by atoms with E-state index < -0.39 is 0 Å². The van der Waals surface area contributed by atoms with E-state index in [-0.39, 0.29) is 12.4 Å². The van der Waals surface area contributed by atoms with Gasteiger partial charge in [0.15, 0.2) is 5.82 Å². The molecule has 0 saturated heterocycles. The van der Waals surface area contributed by atoms with Crippen LogP contribution >= 0.6 is 12.4 Å². The first kappa shape index (κ1) is 16.9. The second-order valence-electron chi connectivity index (χ2n) is 5.57. The van der Waals surface area contributed by atoms with Gasteiger partial charge in [0.2, 0.25) is 0 Å². The van der Waals surface area contributed by atoms with Gasteiger partial charge in [-0.1, -0.05) is 30.3 Å². The van der Waals surface area contributed by atoms with E-state index in [4.69, 9.17) is 5.73 Å². The standard InChI is InChI=1S/C15H22N6.ClH/c16-9-11-20(10-8-13-4-2-1-3-5-13)12-15-17-18-19-21(15)14-6-7-14;/h1-5,14H,6-12,16H2;1H. The molecule has 0 aliphatic heterocycles. The number of nitrogens with zero attached hydrogens (tertiary/aromatic N) is 5. The minimum atomic E-state index is 0. The van der Waals surface area contributed by atoms with Crippen LogP contribution in [0.25, 0.3) is 0 Å². The molecule has 120 valence electrons. The van der Waals surface area contributed by atoms with Gasteiger partial charge in [-0.3, -0.25) is 4.90 Å². The first-order chi connectivity index (χ1) is 10.4. The zero-order valence-corrected chi connectivity index (χ0v) is 13.5. The number of hydrogen-bond acceptors (Lipinski definition) is 5. The molecule has 0 spiro atoms. The Balaban J connectivity index is 0.00000176. The van der Waals surface area contributed by atoms with E-state index >= 15 is 0 Å². The van der Waals surface area contributed by atoms with Crippen molar-refractivity contribution in [1.82, 2.24) is 25.1 Å². The van der Waals surface area contributed by atoms with Crippen LogP contribution in [-0.4, -0.2) is 44.7 Å². The molecule has 7 heteroatoms. The Morgan fingerprint density at radius 3 is 2.64 bits per heavy atom. The van der Waals surface area contributed by atoms with E-state index in [1.165, 1.54) is 18.4 Å². The number of nitrogens with two attached hydrogens (primary N) is 1. The van der Waals surface area contributed by atoms with E-state index in [1.54, 1.807) is 0 Å². The van der Waals surface area contributed by atoms with Gasteiger partial charge in [0.25, 0.3) is 0 Å². The Morgan fingerprint density at radius 1 is 1.18 bits per heavy atom. The maximum absolute atomic E-state index is 5.74. The fourth-order valence-corrected chi connectivity index (χ4v) is 2.50. The van der Waals surface area contributed by atoms with Crippen LogP contribution in [0.4, 0.5) is 0 Å². The summed E-state index contributed by atoms with van der Waals surface area (Å²) in [7, 11) is 0. The Hall–Kier alpha value is -1.50. The molecule has 0 amide bonds. The number of aromatic nitrogens is 4. The van der Waals surface area contributed by atoms with Crippen molar-refractivity contribution in [3.63, 3.8) is 0 Å². The molecule has 1 aliphatic rings. The molecule has 1 heterocycles. The largest absolute Gasteiger partial charge is 0.329 e. The van der Waals surface area contributed by atoms with Crippen molar-refractivity contribution >= 4 is 12.4 Å². The monoisotopic (exact) mass is 322 g/mol. The zero-order valence-electron chi connectivity index (χ0n) is 12.6. The maximum Gasteiger partial charge on any atom is 0.165 e. The summed E-state index contributed by atoms with van der Waals surface area (Å²) in [6.07, 6.45) is 3.41.